The zero-order chi connectivity index (χ0) is 32.9. The number of pyridine rings is 1. The van der Waals surface area contributed by atoms with Gasteiger partial charge < -0.3 is 21.1 Å². The monoisotopic (exact) mass is 673 g/mol. The number of H-pyrrole nitrogens is 1. The number of nitrogens with zero attached hydrogens (tertiary/aromatic N) is 6. The van der Waals surface area contributed by atoms with E-state index in [0.717, 1.165) is 66.8 Å². The molecule has 4 aromatic rings. The van der Waals surface area contributed by atoms with Crippen molar-refractivity contribution >= 4 is 35.7 Å². The number of primary amides is 1. The Kier molecular flexibility index (Phi) is 11.4. The molecule has 6 rings (SSSR count). The quantitative estimate of drug-likeness (QED) is 0.224. The summed E-state index contributed by atoms with van der Waals surface area (Å²) in [5, 5.41) is 14.2. The molecule has 2 aromatic carbocycles. The first-order valence-corrected chi connectivity index (χ1v) is 16.4. The van der Waals surface area contributed by atoms with Crippen LogP contribution >= 0.6 is 12.4 Å². The minimum atomic E-state index is -0.879. The van der Waals surface area contributed by atoms with E-state index in [0.29, 0.717) is 24.0 Å². The number of anilines is 2. The molecule has 3 atom stereocenters. The number of amides is 2. The number of hydrogen-bond donors (Lipinski definition) is 3. The van der Waals surface area contributed by atoms with Crippen LogP contribution < -0.4 is 21.3 Å². The van der Waals surface area contributed by atoms with Crippen LogP contribution in [0.15, 0.2) is 66.9 Å². The molecule has 0 bridgehead atoms. The first kappa shape index (κ1) is 34.9. The van der Waals surface area contributed by atoms with Crippen molar-refractivity contribution in [2.75, 3.05) is 29.4 Å². The highest BCUT2D eigenvalue weighted by atomic mass is 35.5. The van der Waals surface area contributed by atoms with Crippen molar-refractivity contribution < 1.29 is 14.3 Å². The van der Waals surface area contributed by atoms with Gasteiger partial charge in [0.25, 0.3) is 0 Å². The Morgan fingerprint density at radius 3 is 2.15 bits per heavy atom. The van der Waals surface area contributed by atoms with Gasteiger partial charge in [-0.2, -0.15) is 5.21 Å². The highest BCUT2D eigenvalue weighted by Gasteiger charge is 2.36. The third-order valence-corrected chi connectivity index (χ3v) is 9.36. The zero-order valence-corrected chi connectivity index (χ0v) is 28.2. The molecular formula is C35H44ClN9O3. The van der Waals surface area contributed by atoms with Gasteiger partial charge in [0.1, 0.15) is 11.9 Å². The number of carbonyl (C=O) groups is 2. The number of aromatic amines is 1. The Hall–Kier alpha value is -4.39. The number of hydrogen-bond acceptors (Lipinski definition) is 9. The zero-order valence-electron chi connectivity index (χ0n) is 27.4. The fourth-order valence-corrected chi connectivity index (χ4v) is 6.84. The number of halogens is 1. The van der Waals surface area contributed by atoms with Crippen LogP contribution in [0.2, 0.25) is 0 Å². The number of benzene rings is 2. The summed E-state index contributed by atoms with van der Waals surface area (Å²) in [7, 11) is 0. The number of carbonyl (C=O) groups excluding carboxylic acids is 2. The van der Waals surface area contributed by atoms with E-state index in [-0.39, 0.29) is 42.9 Å². The number of morpholine rings is 1. The average molecular weight is 674 g/mol. The lowest BCUT2D eigenvalue weighted by Gasteiger charge is -2.36. The van der Waals surface area contributed by atoms with Crippen LogP contribution in [0.25, 0.3) is 22.5 Å². The van der Waals surface area contributed by atoms with Gasteiger partial charge >= 0.3 is 0 Å². The van der Waals surface area contributed by atoms with Crippen LogP contribution in [0.4, 0.5) is 11.5 Å². The molecular weight excluding hydrogens is 630 g/mol. The SMILES string of the molecule is CC1CN(c2ccc(-c3ccc(C[C@@H](C(N)=O)N(C(=O)C4CCC(CN)CC4)c4ccc(-c5nn[nH]n5)cc4)cc3)cn2)CC(C)O1.Cl. The maximum atomic E-state index is 14.2. The van der Waals surface area contributed by atoms with Gasteiger partial charge in [-0.15, -0.1) is 22.6 Å². The van der Waals surface area contributed by atoms with Gasteiger partial charge in [-0.25, -0.2) is 4.98 Å². The lowest BCUT2D eigenvalue weighted by molar-refractivity contribution is -0.127. The van der Waals surface area contributed by atoms with Gasteiger partial charge in [0.2, 0.25) is 17.6 Å². The van der Waals surface area contributed by atoms with Crippen molar-refractivity contribution in [3.63, 3.8) is 0 Å². The summed E-state index contributed by atoms with van der Waals surface area (Å²) in [6.45, 7) is 6.40. The molecule has 0 radical (unpaired) electrons. The molecule has 13 heteroatoms. The number of aromatic nitrogens is 5. The predicted molar refractivity (Wildman–Crippen MR) is 187 cm³/mol. The Labute approximate surface area is 287 Å². The summed E-state index contributed by atoms with van der Waals surface area (Å²) >= 11 is 0. The van der Waals surface area contributed by atoms with E-state index >= 15 is 0 Å². The van der Waals surface area contributed by atoms with Gasteiger partial charge in [-0.05, 0) is 105 Å². The summed E-state index contributed by atoms with van der Waals surface area (Å²) in [5.74, 6) is 0.929. The van der Waals surface area contributed by atoms with Crippen LogP contribution in [0.1, 0.15) is 45.1 Å². The second-order valence-electron chi connectivity index (χ2n) is 12.8. The standard InChI is InChI=1S/C35H43N9O3.ClH/c1-22-20-43(21-23(2)47-22)32-16-13-29(19-38-32)26-7-3-24(4-8-26)17-31(33(37)45)44(35(46)28-9-5-25(18-36)6-10-28)30-14-11-27(12-15-30)34-39-41-42-40-34;/h3-4,7-8,11-16,19,22-23,25,28,31H,5-6,9-10,17-18,20-21,36H2,1-2H3,(H2,37,45)(H,39,40,41,42);1H/t22?,23?,25?,28?,31-;/m0./s1. The molecule has 2 aliphatic rings. The second kappa shape index (κ2) is 15.7. The minimum Gasteiger partial charge on any atom is -0.372 e. The second-order valence-corrected chi connectivity index (χ2v) is 12.8. The molecule has 48 heavy (non-hydrogen) atoms. The number of rotatable bonds is 10. The fourth-order valence-electron chi connectivity index (χ4n) is 6.84. The molecule has 1 aliphatic heterocycles. The Bertz CT molecular complexity index is 1620. The number of tetrazole rings is 1. The molecule has 2 unspecified atom stereocenters. The van der Waals surface area contributed by atoms with Gasteiger partial charge in [-0.3, -0.25) is 14.5 Å². The maximum absolute atomic E-state index is 14.2. The van der Waals surface area contributed by atoms with Crippen LogP contribution in [-0.2, 0) is 20.7 Å². The third-order valence-electron chi connectivity index (χ3n) is 9.36. The molecule has 2 fully saturated rings. The summed E-state index contributed by atoms with van der Waals surface area (Å²) in [5.41, 5.74) is 16.2. The molecule has 3 heterocycles. The van der Waals surface area contributed by atoms with Gasteiger partial charge in [0, 0.05) is 48.4 Å². The normalized spacial score (nSPS) is 21.6. The molecule has 1 saturated heterocycles. The van der Waals surface area contributed by atoms with E-state index in [4.69, 9.17) is 21.2 Å². The average Bonchev–Trinajstić information content (AvgIpc) is 3.63. The summed E-state index contributed by atoms with van der Waals surface area (Å²) in [4.78, 5) is 35.9. The summed E-state index contributed by atoms with van der Waals surface area (Å²) < 4.78 is 5.86. The highest BCUT2D eigenvalue weighted by molar-refractivity contribution is 6.01. The van der Waals surface area contributed by atoms with Gasteiger partial charge in [-0.1, -0.05) is 24.3 Å². The van der Waals surface area contributed by atoms with Crippen LogP contribution in [-0.4, -0.2) is 75.3 Å². The summed E-state index contributed by atoms with van der Waals surface area (Å²) in [6.07, 6.45) is 5.72. The third kappa shape index (κ3) is 8.00. The molecule has 2 amide bonds. The number of nitrogens with one attached hydrogen (secondary N) is 1. The van der Waals surface area contributed by atoms with E-state index in [2.05, 4.69) is 45.4 Å². The molecule has 1 saturated carbocycles. The molecule has 254 valence electrons. The van der Waals surface area contributed by atoms with E-state index in [1.54, 1.807) is 4.90 Å². The highest BCUT2D eigenvalue weighted by Crippen LogP contribution is 2.33. The molecule has 12 nitrogen and oxygen atoms in total. The largest absolute Gasteiger partial charge is 0.372 e. The molecule has 5 N–H and O–H groups in total. The smallest absolute Gasteiger partial charge is 0.240 e. The summed E-state index contributed by atoms with van der Waals surface area (Å²) in [6, 6.07) is 18.5. The van der Waals surface area contributed by atoms with Crippen molar-refractivity contribution in [2.45, 2.75) is 64.2 Å². The van der Waals surface area contributed by atoms with Crippen molar-refractivity contribution in [1.82, 2.24) is 25.6 Å². The minimum absolute atomic E-state index is 0. The van der Waals surface area contributed by atoms with E-state index in [9.17, 15) is 9.59 Å². The van der Waals surface area contributed by atoms with E-state index in [1.807, 2.05) is 60.8 Å². The van der Waals surface area contributed by atoms with Crippen molar-refractivity contribution in [1.29, 1.82) is 0 Å². The van der Waals surface area contributed by atoms with Crippen LogP contribution in [0.5, 0.6) is 0 Å². The lowest BCUT2D eigenvalue weighted by atomic mass is 9.81. The number of ether oxygens (including phenoxy) is 1. The van der Waals surface area contributed by atoms with Crippen LogP contribution in [0.3, 0.4) is 0 Å². The first-order chi connectivity index (χ1) is 22.8. The number of nitrogens with two attached hydrogens (primary N) is 2. The first-order valence-electron chi connectivity index (χ1n) is 16.4. The van der Waals surface area contributed by atoms with E-state index < -0.39 is 11.9 Å². The molecule has 0 spiro atoms. The lowest BCUT2D eigenvalue weighted by Crippen LogP contribution is -2.52. The van der Waals surface area contributed by atoms with Gasteiger partial charge in [0.05, 0.1) is 12.2 Å². The topological polar surface area (TPSA) is 169 Å². The maximum Gasteiger partial charge on any atom is 0.240 e. The van der Waals surface area contributed by atoms with Crippen LogP contribution in [0, 0.1) is 11.8 Å². The van der Waals surface area contributed by atoms with Gasteiger partial charge in [0.15, 0.2) is 0 Å². The Morgan fingerprint density at radius 2 is 1.58 bits per heavy atom. The van der Waals surface area contributed by atoms with Crippen molar-refractivity contribution in [2.24, 2.45) is 23.3 Å². The van der Waals surface area contributed by atoms with Crippen molar-refractivity contribution in [3.05, 3.63) is 72.4 Å². The van der Waals surface area contributed by atoms with E-state index in [1.165, 1.54) is 0 Å². The Morgan fingerprint density at radius 1 is 0.938 bits per heavy atom. The Balaban J connectivity index is 0.00000451. The molecule has 2 aromatic heterocycles. The predicted octanol–water partition coefficient (Wildman–Crippen LogP) is 4.16. The molecule has 1 aliphatic carbocycles. The van der Waals surface area contributed by atoms with Crippen molar-refractivity contribution in [3.8, 4) is 22.5 Å². The fraction of sp³-hybridized carbons (Fsp3) is 0.429.